The minimum Gasteiger partial charge on any atom is -0.490 e. The van der Waals surface area contributed by atoms with Crippen LogP contribution in [0.1, 0.15) is 29.6 Å². The molecular formula is C26H25FO5S. The summed E-state index contributed by atoms with van der Waals surface area (Å²) >= 11 is 1.62. The maximum atomic E-state index is 13.2. The van der Waals surface area contributed by atoms with Crippen molar-refractivity contribution in [3.63, 3.8) is 0 Å². The summed E-state index contributed by atoms with van der Waals surface area (Å²) in [5.41, 5.74) is -0.386. The van der Waals surface area contributed by atoms with E-state index in [2.05, 4.69) is 0 Å². The van der Waals surface area contributed by atoms with Crippen LogP contribution in [0.3, 0.4) is 0 Å². The maximum Gasteiger partial charge on any atom is 0.310 e. The van der Waals surface area contributed by atoms with E-state index in [-0.39, 0.29) is 31.2 Å². The topological polar surface area (TPSA) is 72.8 Å². The van der Waals surface area contributed by atoms with Gasteiger partial charge in [0, 0.05) is 17.6 Å². The number of thioether (sulfide) groups is 1. The zero-order valence-electron chi connectivity index (χ0n) is 18.1. The van der Waals surface area contributed by atoms with Crippen molar-refractivity contribution in [2.75, 3.05) is 24.7 Å². The largest absolute Gasteiger partial charge is 0.490 e. The van der Waals surface area contributed by atoms with Crippen molar-refractivity contribution in [3.05, 3.63) is 72.0 Å². The van der Waals surface area contributed by atoms with Crippen LogP contribution in [-0.2, 0) is 4.79 Å². The van der Waals surface area contributed by atoms with Crippen LogP contribution in [0.2, 0.25) is 0 Å². The van der Waals surface area contributed by atoms with E-state index in [0.717, 1.165) is 16.5 Å². The second-order valence-corrected chi connectivity index (χ2v) is 9.23. The normalized spacial score (nSPS) is 17.7. The Morgan fingerprint density at radius 1 is 1.00 bits per heavy atom. The first kappa shape index (κ1) is 23.1. The lowest BCUT2D eigenvalue weighted by Crippen LogP contribution is -2.31. The van der Waals surface area contributed by atoms with Crippen molar-refractivity contribution in [1.82, 2.24) is 0 Å². The average molecular weight is 469 g/mol. The Kier molecular flexibility index (Phi) is 7.18. The van der Waals surface area contributed by atoms with Crippen molar-refractivity contribution in [1.29, 1.82) is 0 Å². The molecule has 0 saturated carbocycles. The minimum absolute atomic E-state index is 0.132. The lowest BCUT2D eigenvalue weighted by Gasteiger charge is -2.22. The second kappa shape index (κ2) is 10.3. The molecule has 0 bridgehead atoms. The van der Waals surface area contributed by atoms with Crippen LogP contribution in [0.5, 0.6) is 11.5 Å². The van der Waals surface area contributed by atoms with Gasteiger partial charge < -0.3 is 14.6 Å². The number of aliphatic carboxylic acids is 1. The van der Waals surface area contributed by atoms with Crippen LogP contribution in [0.25, 0.3) is 10.8 Å². The van der Waals surface area contributed by atoms with E-state index in [0.29, 0.717) is 35.7 Å². The lowest BCUT2D eigenvalue weighted by atomic mass is 9.81. The molecule has 1 heterocycles. The number of carbonyl (C=O) groups excluding carboxylic acids is 1. The monoisotopic (exact) mass is 468 g/mol. The highest BCUT2D eigenvalue weighted by Gasteiger charge is 2.42. The summed E-state index contributed by atoms with van der Waals surface area (Å²) in [7, 11) is 0. The summed E-state index contributed by atoms with van der Waals surface area (Å²) in [6.45, 7) is 0.420. The van der Waals surface area contributed by atoms with Gasteiger partial charge >= 0.3 is 5.97 Å². The third kappa shape index (κ3) is 5.30. The fourth-order valence-corrected chi connectivity index (χ4v) is 5.50. The molecule has 3 aromatic rings. The number of carboxylic acids is 1. The molecular weight excluding hydrogens is 443 g/mol. The van der Waals surface area contributed by atoms with E-state index in [1.165, 1.54) is 12.1 Å². The molecule has 1 N–H and O–H groups in total. The summed E-state index contributed by atoms with van der Waals surface area (Å²) < 4.78 is 24.7. The Hall–Kier alpha value is -3.06. The number of hydrogen-bond donors (Lipinski definition) is 1. The predicted octanol–water partition coefficient (Wildman–Crippen LogP) is 5.61. The molecule has 1 aliphatic heterocycles. The smallest absolute Gasteiger partial charge is 0.310 e. The SMILES string of the molecule is O=C(CCC1(C(=O)O)CCSC1)c1ccc2ccccc2c1OCCOc1ccc(F)cc1. The van der Waals surface area contributed by atoms with Gasteiger partial charge in [0.1, 0.15) is 30.5 Å². The molecule has 0 aliphatic carbocycles. The third-order valence-corrected chi connectivity index (χ3v) is 7.23. The van der Waals surface area contributed by atoms with Crippen LogP contribution in [0, 0.1) is 11.2 Å². The summed E-state index contributed by atoms with van der Waals surface area (Å²) in [5, 5.41) is 11.5. The molecule has 172 valence electrons. The number of carboxylic acid groups (broad SMARTS) is 1. The number of hydrogen-bond acceptors (Lipinski definition) is 5. The van der Waals surface area contributed by atoms with E-state index < -0.39 is 11.4 Å². The van der Waals surface area contributed by atoms with Crippen LogP contribution >= 0.6 is 11.8 Å². The molecule has 33 heavy (non-hydrogen) atoms. The fraction of sp³-hybridized carbons (Fsp3) is 0.308. The molecule has 0 spiro atoms. The van der Waals surface area contributed by atoms with Crippen molar-refractivity contribution >= 4 is 34.3 Å². The summed E-state index contributed by atoms with van der Waals surface area (Å²) in [6, 6.07) is 17.0. The first-order valence-corrected chi connectivity index (χ1v) is 12.0. The standard InChI is InChI=1S/C26H25FO5S/c27-19-6-8-20(9-7-19)31-14-15-32-24-21-4-2-1-3-18(21)5-10-22(24)23(28)11-12-26(25(29)30)13-16-33-17-26/h1-10H,11-17H2,(H,29,30). The first-order chi connectivity index (χ1) is 16.0. The molecule has 7 heteroatoms. The van der Waals surface area contributed by atoms with Gasteiger partial charge in [-0.15, -0.1) is 0 Å². The third-order valence-electron chi connectivity index (χ3n) is 5.98. The van der Waals surface area contributed by atoms with Crippen molar-refractivity contribution < 1.29 is 28.6 Å². The summed E-state index contributed by atoms with van der Waals surface area (Å²) in [5.74, 6) is 1.06. The number of fused-ring (bicyclic) bond motifs is 1. The Labute approximate surface area is 195 Å². The Bertz CT molecular complexity index is 1140. The molecule has 1 fully saturated rings. The number of benzene rings is 3. The highest BCUT2D eigenvalue weighted by atomic mass is 32.2. The number of carbonyl (C=O) groups is 2. The van der Waals surface area contributed by atoms with Gasteiger partial charge in [-0.3, -0.25) is 9.59 Å². The van der Waals surface area contributed by atoms with Crippen LogP contribution in [0.4, 0.5) is 4.39 Å². The van der Waals surface area contributed by atoms with Gasteiger partial charge in [-0.1, -0.05) is 30.3 Å². The van der Waals surface area contributed by atoms with Gasteiger partial charge in [-0.25, -0.2) is 4.39 Å². The second-order valence-electron chi connectivity index (χ2n) is 8.13. The van der Waals surface area contributed by atoms with Crippen LogP contribution in [0.15, 0.2) is 60.7 Å². The van der Waals surface area contributed by atoms with Crippen molar-refractivity contribution in [2.45, 2.75) is 19.3 Å². The molecule has 1 unspecified atom stereocenters. The zero-order chi connectivity index (χ0) is 23.3. The molecule has 1 atom stereocenters. The Morgan fingerprint density at radius 2 is 1.76 bits per heavy atom. The summed E-state index contributed by atoms with van der Waals surface area (Å²) in [4.78, 5) is 25.0. The van der Waals surface area contributed by atoms with E-state index in [1.807, 2.05) is 30.3 Å². The van der Waals surface area contributed by atoms with Gasteiger partial charge in [0.05, 0.1) is 11.0 Å². The van der Waals surface area contributed by atoms with Crippen LogP contribution in [-0.4, -0.2) is 41.6 Å². The number of Topliss-reactive ketones (excluding diaryl/α,β-unsaturated/α-hetero) is 1. The fourth-order valence-electron chi connectivity index (χ4n) is 4.02. The molecule has 1 aliphatic rings. The molecule has 5 nitrogen and oxygen atoms in total. The van der Waals surface area contributed by atoms with E-state index in [9.17, 15) is 19.1 Å². The van der Waals surface area contributed by atoms with Gasteiger partial charge in [0.2, 0.25) is 0 Å². The van der Waals surface area contributed by atoms with E-state index in [4.69, 9.17) is 9.47 Å². The minimum atomic E-state index is -0.832. The Balaban J connectivity index is 1.49. The molecule has 1 saturated heterocycles. The van der Waals surface area contributed by atoms with Gasteiger partial charge in [0.25, 0.3) is 0 Å². The number of ketones is 1. The van der Waals surface area contributed by atoms with Gasteiger partial charge in [-0.2, -0.15) is 11.8 Å². The lowest BCUT2D eigenvalue weighted by molar-refractivity contribution is -0.147. The Morgan fingerprint density at radius 3 is 2.48 bits per heavy atom. The van der Waals surface area contributed by atoms with E-state index in [1.54, 1.807) is 30.0 Å². The number of ether oxygens (including phenoxy) is 2. The first-order valence-electron chi connectivity index (χ1n) is 10.9. The molecule has 4 rings (SSSR count). The summed E-state index contributed by atoms with van der Waals surface area (Å²) in [6.07, 6.45) is 1.05. The zero-order valence-corrected chi connectivity index (χ0v) is 18.9. The molecule has 3 aromatic carbocycles. The number of halogens is 1. The molecule has 0 aromatic heterocycles. The maximum absolute atomic E-state index is 13.2. The average Bonchev–Trinajstić information content (AvgIpc) is 3.32. The van der Waals surface area contributed by atoms with Crippen molar-refractivity contribution in [3.8, 4) is 11.5 Å². The van der Waals surface area contributed by atoms with Gasteiger partial charge in [0.15, 0.2) is 5.78 Å². The molecule has 0 amide bonds. The quantitative estimate of drug-likeness (QED) is 0.308. The number of rotatable bonds is 10. The van der Waals surface area contributed by atoms with Crippen molar-refractivity contribution in [2.24, 2.45) is 5.41 Å². The van der Waals surface area contributed by atoms with Crippen LogP contribution < -0.4 is 9.47 Å². The highest BCUT2D eigenvalue weighted by molar-refractivity contribution is 7.99. The van der Waals surface area contributed by atoms with Gasteiger partial charge in [-0.05, 0) is 54.3 Å². The van der Waals surface area contributed by atoms with E-state index >= 15 is 0 Å². The molecule has 0 radical (unpaired) electrons. The predicted molar refractivity (Wildman–Crippen MR) is 127 cm³/mol. The highest BCUT2D eigenvalue weighted by Crippen LogP contribution is 2.41.